The predicted molar refractivity (Wildman–Crippen MR) is 286 cm³/mol. The van der Waals surface area contributed by atoms with Crippen molar-refractivity contribution in [2.45, 2.75) is 134 Å². The first-order valence-electron chi connectivity index (χ1n) is 23.2. The van der Waals surface area contributed by atoms with Crippen molar-refractivity contribution < 1.29 is 55.7 Å². The van der Waals surface area contributed by atoms with Gasteiger partial charge in [0.05, 0.1) is 33.1 Å². The number of sulfone groups is 2. The average molecular weight is 1130 g/mol. The summed E-state index contributed by atoms with van der Waals surface area (Å²) in [6, 6.07) is 24.8. The topological polar surface area (TPSA) is 202 Å². The minimum absolute atomic E-state index is 0. The van der Waals surface area contributed by atoms with Crippen LogP contribution in [0.2, 0.25) is 20.1 Å². The summed E-state index contributed by atoms with van der Waals surface area (Å²) >= 11 is 24.8. The molecule has 2 saturated heterocycles. The lowest BCUT2D eigenvalue weighted by molar-refractivity contribution is -0.180. The maximum absolute atomic E-state index is 13.8. The molecule has 4 aromatic rings. The SMILES string of the molecule is C.C[C@@H](CS(=O)(=O)C(C)(C)C)N1C(=O)[C@@H](CC(=O)CO)O[C@H](c2cccc(Cl)c2)[C@H]1c1ccc(Cl)cc1.C[C@@H](CS(=O)(=O)C(C)(C)C)N1C(=O)[C@H](CC(=O)CO)O[C@H](c2cccc(Cl)c2)[C@H]1c1ccc(Cl)cc1. The van der Waals surface area contributed by atoms with Gasteiger partial charge in [0.2, 0.25) is 0 Å². The van der Waals surface area contributed by atoms with Crippen LogP contribution in [0.4, 0.5) is 0 Å². The van der Waals surface area contributed by atoms with Gasteiger partial charge in [0, 0.05) is 45.0 Å². The minimum Gasteiger partial charge on any atom is -0.389 e. The van der Waals surface area contributed by atoms with Gasteiger partial charge in [0.15, 0.2) is 31.2 Å². The number of halogens is 4. The summed E-state index contributed by atoms with van der Waals surface area (Å²) in [7, 11) is -7.20. The number of hydrogen-bond donors (Lipinski definition) is 2. The molecule has 2 fully saturated rings. The second kappa shape index (κ2) is 25.3. The standard InChI is InChI=1S/2C26H31Cl2NO6S.CH4/c2*1-16(15-36(33,34)26(2,3)4)29-23(17-8-10-19(27)11-9-17)24(18-6-5-7-20(28)12-18)35-22(25(29)32)13-21(31)14-30;/h2*5-12,16,22-24,30H,13-15H2,1-4H3;1H4/t16-,22+,23+,24+;16-,22-,23+,24+;/m00./s1. The first-order chi connectivity index (χ1) is 33.5. The Morgan fingerprint density at radius 1 is 0.548 bits per heavy atom. The molecule has 4 aromatic carbocycles. The lowest BCUT2D eigenvalue weighted by Gasteiger charge is -2.47. The number of ether oxygens (including phenoxy) is 2. The fraction of sp³-hybridized carbons (Fsp3) is 0.472. The second-order valence-electron chi connectivity index (χ2n) is 20.0. The van der Waals surface area contributed by atoms with Gasteiger partial charge in [-0.2, -0.15) is 0 Å². The molecule has 2 N–H and O–H groups in total. The Morgan fingerprint density at radius 3 is 1.14 bits per heavy atom. The maximum atomic E-state index is 13.8. The van der Waals surface area contributed by atoms with E-state index in [0.29, 0.717) is 42.3 Å². The molecule has 14 nitrogen and oxygen atoms in total. The first kappa shape index (κ1) is 61.6. The van der Waals surface area contributed by atoms with E-state index < -0.39 is 114 Å². The van der Waals surface area contributed by atoms with Crippen LogP contribution in [0.25, 0.3) is 0 Å². The number of nitrogens with zero attached hydrogens (tertiary/aromatic N) is 2. The Morgan fingerprint density at radius 2 is 0.863 bits per heavy atom. The molecule has 0 aliphatic carbocycles. The normalized spacial score (nSPS) is 21.6. The van der Waals surface area contributed by atoms with Gasteiger partial charge in [-0.1, -0.05) is 102 Å². The molecule has 8 atom stereocenters. The van der Waals surface area contributed by atoms with Gasteiger partial charge in [-0.25, -0.2) is 16.8 Å². The number of Topliss-reactive ketones (excluding diaryl/α,β-unsaturated/α-hetero) is 2. The summed E-state index contributed by atoms with van der Waals surface area (Å²) < 4.78 is 62.8. The predicted octanol–water partition coefficient (Wildman–Crippen LogP) is 9.75. The summed E-state index contributed by atoms with van der Waals surface area (Å²) in [5, 5.41) is 20.5. The molecule has 0 unspecified atom stereocenters. The number of aliphatic hydroxyl groups excluding tert-OH is 2. The Bertz CT molecular complexity index is 2610. The molecular weight excluding hydrogens is 1060 g/mol. The van der Waals surface area contributed by atoms with Crippen LogP contribution in [0, 0.1) is 0 Å². The van der Waals surface area contributed by atoms with Crippen molar-refractivity contribution in [3.63, 3.8) is 0 Å². The Kier molecular flexibility index (Phi) is 21.3. The lowest BCUT2D eigenvalue weighted by atomic mass is 9.90. The zero-order chi connectivity index (χ0) is 53.7. The molecule has 20 heteroatoms. The van der Waals surface area contributed by atoms with E-state index in [4.69, 9.17) is 55.9 Å². The molecule has 2 amide bonds. The van der Waals surface area contributed by atoms with Crippen LogP contribution in [-0.2, 0) is 48.3 Å². The highest BCUT2D eigenvalue weighted by atomic mass is 35.5. The summed E-state index contributed by atoms with van der Waals surface area (Å²) in [5.41, 5.74) is 2.69. The number of amides is 2. The van der Waals surface area contributed by atoms with Crippen LogP contribution in [0.15, 0.2) is 97.1 Å². The zero-order valence-corrected chi connectivity index (χ0v) is 46.0. The van der Waals surface area contributed by atoms with Gasteiger partial charge < -0.3 is 29.5 Å². The largest absolute Gasteiger partial charge is 0.389 e. The number of hydrogen-bond acceptors (Lipinski definition) is 12. The molecule has 6 rings (SSSR count). The lowest BCUT2D eigenvalue weighted by Crippen LogP contribution is -2.56. The summed E-state index contributed by atoms with van der Waals surface area (Å²) in [6.07, 6.45) is -4.60. The number of benzene rings is 4. The monoisotopic (exact) mass is 1130 g/mol. The quantitative estimate of drug-likeness (QED) is 0.108. The fourth-order valence-corrected chi connectivity index (χ4v) is 11.7. The third-order valence-electron chi connectivity index (χ3n) is 12.5. The molecule has 400 valence electrons. The van der Waals surface area contributed by atoms with Crippen molar-refractivity contribution in [1.29, 1.82) is 0 Å². The van der Waals surface area contributed by atoms with E-state index in [0.717, 1.165) is 0 Å². The molecule has 0 bridgehead atoms. The van der Waals surface area contributed by atoms with Gasteiger partial charge in [0.25, 0.3) is 11.8 Å². The molecule has 2 aliphatic rings. The third kappa shape index (κ3) is 15.1. The third-order valence-corrected chi connectivity index (χ3v) is 19.1. The summed E-state index contributed by atoms with van der Waals surface area (Å²) in [4.78, 5) is 54.8. The fourth-order valence-electron chi connectivity index (χ4n) is 8.49. The zero-order valence-electron chi connectivity index (χ0n) is 41.3. The number of morpholine rings is 2. The summed E-state index contributed by atoms with van der Waals surface area (Å²) in [5.74, 6) is -2.72. The van der Waals surface area contributed by atoms with Crippen molar-refractivity contribution in [1.82, 2.24) is 9.80 Å². The van der Waals surface area contributed by atoms with Gasteiger partial charge in [-0.05, 0) is 126 Å². The van der Waals surface area contributed by atoms with Crippen LogP contribution >= 0.6 is 46.4 Å². The number of aliphatic hydroxyl groups is 2. The highest BCUT2D eigenvalue weighted by molar-refractivity contribution is 7.93. The second-order valence-corrected chi connectivity index (χ2v) is 27.3. The van der Waals surface area contributed by atoms with Crippen molar-refractivity contribution in [3.8, 4) is 0 Å². The Hall–Kier alpha value is -3.94. The number of carbonyl (C=O) groups is 4. The van der Waals surface area contributed by atoms with E-state index >= 15 is 0 Å². The first-order valence-corrected chi connectivity index (χ1v) is 28.0. The number of rotatable bonds is 16. The summed E-state index contributed by atoms with van der Waals surface area (Å²) in [6.45, 7) is 11.6. The highest BCUT2D eigenvalue weighted by Gasteiger charge is 2.49. The smallest absolute Gasteiger partial charge is 0.253 e. The van der Waals surface area contributed by atoms with Gasteiger partial charge in [-0.3, -0.25) is 19.2 Å². The van der Waals surface area contributed by atoms with Gasteiger partial charge in [-0.15, -0.1) is 0 Å². The molecule has 2 heterocycles. The number of ketones is 2. The van der Waals surface area contributed by atoms with Crippen molar-refractivity contribution in [2.75, 3.05) is 24.7 Å². The van der Waals surface area contributed by atoms with Crippen molar-refractivity contribution in [3.05, 3.63) is 139 Å². The molecule has 0 spiro atoms. The van der Waals surface area contributed by atoms with E-state index in [2.05, 4.69) is 0 Å². The maximum Gasteiger partial charge on any atom is 0.253 e. The van der Waals surface area contributed by atoms with Crippen molar-refractivity contribution in [2.24, 2.45) is 0 Å². The van der Waals surface area contributed by atoms with E-state index in [-0.39, 0.29) is 31.8 Å². The Balaban J connectivity index is 0.000000312. The van der Waals surface area contributed by atoms with Crippen LogP contribution < -0.4 is 0 Å². The van der Waals surface area contributed by atoms with Crippen LogP contribution in [0.3, 0.4) is 0 Å². The van der Waals surface area contributed by atoms with Gasteiger partial charge in [0.1, 0.15) is 37.6 Å². The molecule has 73 heavy (non-hydrogen) atoms. The van der Waals surface area contributed by atoms with E-state index in [1.165, 1.54) is 9.80 Å². The highest BCUT2D eigenvalue weighted by Crippen LogP contribution is 2.46. The van der Waals surface area contributed by atoms with Crippen molar-refractivity contribution >= 4 is 89.5 Å². The van der Waals surface area contributed by atoms with E-state index in [9.17, 15) is 46.2 Å². The van der Waals surface area contributed by atoms with Crippen LogP contribution in [0.5, 0.6) is 0 Å². The Labute approximate surface area is 450 Å². The van der Waals surface area contributed by atoms with Crippen LogP contribution in [0.1, 0.15) is 122 Å². The molecule has 2 aliphatic heterocycles. The molecular formula is C53H66Cl4N2O12S2. The minimum atomic E-state index is -3.60. The van der Waals surface area contributed by atoms with Crippen LogP contribution in [-0.4, -0.2) is 119 Å². The molecule has 0 saturated carbocycles. The molecule has 0 aromatic heterocycles. The average Bonchev–Trinajstić information content (AvgIpc) is 3.29. The molecule has 0 radical (unpaired) electrons. The van der Waals surface area contributed by atoms with E-state index in [1.807, 2.05) is 0 Å². The van der Waals surface area contributed by atoms with E-state index in [1.54, 1.807) is 152 Å². The van der Waals surface area contributed by atoms with Gasteiger partial charge >= 0.3 is 0 Å². The number of carbonyl (C=O) groups excluding carboxylic acids is 4.